The fourth-order valence-corrected chi connectivity index (χ4v) is 2.82. The molecule has 5 heteroatoms. The topological polar surface area (TPSA) is 72.2 Å². The van der Waals surface area contributed by atoms with E-state index in [-0.39, 0.29) is 11.8 Å². The summed E-state index contributed by atoms with van der Waals surface area (Å²) in [6.45, 7) is 2.20. The summed E-state index contributed by atoms with van der Waals surface area (Å²) < 4.78 is 0. The largest absolute Gasteiger partial charge is 0.369 e. The maximum Gasteiger partial charge on any atom is 0.227 e. The molecule has 1 fully saturated rings. The SMILES string of the molecule is C[C@H]1CCCC[C@@H]1NC(=O)CCSCC(N)=O. The second-order valence-electron chi connectivity index (χ2n) is 4.70. The molecule has 2 amide bonds. The van der Waals surface area contributed by atoms with E-state index in [4.69, 9.17) is 5.73 Å². The number of carbonyl (C=O) groups is 2. The fraction of sp³-hybridized carbons (Fsp3) is 0.833. The van der Waals surface area contributed by atoms with E-state index in [1.807, 2.05) is 0 Å². The van der Waals surface area contributed by atoms with Crippen LogP contribution in [-0.4, -0.2) is 29.4 Å². The van der Waals surface area contributed by atoms with Gasteiger partial charge in [0.2, 0.25) is 11.8 Å². The Balaban J connectivity index is 2.13. The summed E-state index contributed by atoms with van der Waals surface area (Å²) in [5.74, 6) is 1.33. The van der Waals surface area contributed by atoms with Crippen molar-refractivity contribution in [3.8, 4) is 0 Å². The summed E-state index contributed by atoms with van der Waals surface area (Å²) in [5, 5.41) is 3.09. The van der Waals surface area contributed by atoms with Crippen LogP contribution >= 0.6 is 11.8 Å². The molecule has 1 aliphatic carbocycles. The van der Waals surface area contributed by atoms with Crippen molar-refractivity contribution in [2.75, 3.05) is 11.5 Å². The van der Waals surface area contributed by atoms with Crippen molar-refractivity contribution < 1.29 is 9.59 Å². The summed E-state index contributed by atoms with van der Waals surface area (Å²) in [6.07, 6.45) is 5.28. The number of rotatable bonds is 6. The quantitative estimate of drug-likeness (QED) is 0.705. The van der Waals surface area contributed by atoms with E-state index in [1.165, 1.54) is 31.0 Å². The zero-order chi connectivity index (χ0) is 12.7. The summed E-state index contributed by atoms with van der Waals surface area (Å²) >= 11 is 1.42. The van der Waals surface area contributed by atoms with Gasteiger partial charge in [0.15, 0.2) is 0 Å². The molecule has 0 aromatic rings. The predicted molar refractivity (Wildman–Crippen MR) is 70.7 cm³/mol. The number of hydrogen-bond donors (Lipinski definition) is 2. The van der Waals surface area contributed by atoms with Crippen LogP contribution in [0.5, 0.6) is 0 Å². The molecule has 17 heavy (non-hydrogen) atoms. The Morgan fingerprint density at radius 2 is 2.06 bits per heavy atom. The van der Waals surface area contributed by atoms with Gasteiger partial charge in [-0.1, -0.05) is 19.8 Å². The number of nitrogens with one attached hydrogen (secondary N) is 1. The van der Waals surface area contributed by atoms with Crippen molar-refractivity contribution in [3.05, 3.63) is 0 Å². The summed E-state index contributed by atoms with van der Waals surface area (Å²) in [6, 6.07) is 0.345. The van der Waals surface area contributed by atoms with E-state index in [0.717, 1.165) is 6.42 Å². The van der Waals surface area contributed by atoms with Gasteiger partial charge in [-0.2, -0.15) is 11.8 Å². The van der Waals surface area contributed by atoms with Gasteiger partial charge in [-0.05, 0) is 18.8 Å². The summed E-state index contributed by atoms with van der Waals surface area (Å²) in [4.78, 5) is 22.2. The highest BCUT2D eigenvalue weighted by molar-refractivity contribution is 7.99. The van der Waals surface area contributed by atoms with Crippen LogP contribution in [0.1, 0.15) is 39.0 Å². The van der Waals surface area contributed by atoms with E-state index >= 15 is 0 Å². The van der Waals surface area contributed by atoms with E-state index in [2.05, 4.69) is 12.2 Å². The predicted octanol–water partition coefficient (Wildman–Crippen LogP) is 1.29. The summed E-state index contributed by atoms with van der Waals surface area (Å²) in [7, 11) is 0. The molecule has 4 nitrogen and oxygen atoms in total. The third-order valence-corrected chi connectivity index (χ3v) is 4.16. The normalized spacial score (nSPS) is 24.3. The zero-order valence-corrected chi connectivity index (χ0v) is 11.2. The van der Waals surface area contributed by atoms with Crippen LogP contribution in [0.4, 0.5) is 0 Å². The lowest BCUT2D eigenvalue weighted by atomic mass is 9.86. The molecule has 0 heterocycles. The minimum absolute atomic E-state index is 0.0979. The molecule has 1 aliphatic rings. The standard InChI is InChI=1S/C12H22N2O2S/c1-9-4-2-3-5-10(9)14-12(16)6-7-17-8-11(13)15/h9-10H,2-8H2,1H3,(H2,13,15)(H,14,16)/t9-,10-/m0/s1. The molecule has 0 spiro atoms. The van der Waals surface area contributed by atoms with Crippen molar-refractivity contribution in [3.63, 3.8) is 0 Å². The van der Waals surface area contributed by atoms with E-state index in [0.29, 0.717) is 29.9 Å². The van der Waals surface area contributed by atoms with Crippen LogP contribution in [0.15, 0.2) is 0 Å². The molecule has 0 aliphatic heterocycles. The van der Waals surface area contributed by atoms with Crippen LogP contribution in [0.25, 0.3) is 0 Å². The van der Waals surface area contributed by atoms with Gasteiger partial charge in [0, 0.05) is 18.2 Å². The minimum atomic E-state index is -0.323. The van der Waals surface area contributed by atoms with Gasteiger partial charge in [-0.25, -0.2) is 0 Å². The number of carbonyl (C=O) groups excluding carboxylic acids is 2. The second-order valence-corrected chi connectivity index (χ2v) is 5.81. The van der Waals surface area contributed by atoms with Gasteiger partial charge in [0.1, 0.15) is 0 Å². The Hall–Kier alpha value is -0.710. The smallest absolute Gasteiger partial charge is 0.227 e. The lowest BCUT2D eigenvalue weighted by molar-refractivity contribution is -0.122. The van der Waals surface area contributed by atoms with Crippen LogP contribution in [0.2, 0.25) is 0 Å². The lowest BCUT2D eigenvalue weighted by Gasteiger charge is -2.29. The Morgan fingerprint density at radius 3 is 2.71 bits per heavy atom. The van der Waals surface area contributed by atoms with Gasteiger partial charge in [0.25, 0.3) is 0 Å². The van der Waals surface area contributed by atoms with E-state index in [9.17, 15) is 9.59 Å². The monoisotopic (exact) mass is 258 g/mol. The highest BCUT2D eigenvalue weighted by Crippen LogP contribution is 2.23. The third kappa shape index (κ3) is 5.96. The average molecular weight is 258 g/mol. The fourth-order valence-electron chi connectivity index (χ4n) is 2.15. The Kier molecular flexibility index (Phi) is 6.40. The Bertz CT molecular complexity index is 271. The van der Waals surface area contributed by atoms with Crippen molar-refractivity contribution in [2.45, 2.75) is 45.1 Å². The maximum atomic E-state index is 11.7. The van der Waals surface area contributed by atoms with Crippen molar-refractivity contribution >= 4 is 23.6 Å². The molecule has 3 N–H and O–H groups in total. The van der Waals surface area contributed by atoms with Crippen LogP contribution in [0, 0.1) is 5.92 Å². The van der Waals surface area contributed by atoms with Crippen molar-refractivity contribution in [2.24, 2.45) is 11.7 Å². The van der Waals surface area contributed by atoms with E-state index < -0.39 is 0 Å². The first-order chi connectivity index (χ1) is 8.09. The lowest BCUT2D eigenvalue weighted by Crippen LogP contribution is -2.41. The first-order valence-electron chi connectivity index (χ1n) is 6.25. The summed E-state index contributed by atoms with van der Waals surface area (Å²) in [5.41, 5.74) is 5.02. The number of nitrogens with two attached hydrogens (primary N) is 1. The number of primary amides is 1. The molecule has 2 atom stereocenters. The minimum Gasteiger partial charge on any atom is -0.369 e. The van der Waals surface area contributed by atoms with E-state index in [1.54, 1.807) is 0 Å². The highest BCUT2D eigenvalue weighted by Gasteiger charge is 2.22. The second kappa shape index (κ2) is 7.58. The van der Waals surface area contributed by atoms with Crippen molar-refractivity contribution in [1.82, 2.24) is 5.32 Å². The average Bonchev–Trinajstić information content (AvgIpc) is 2.27. The van der Waals surface area contributed by atoms with Gasteiger partial charge in [0.05, 0.1) is 5.75 Å². The molecule has 0 saturated heterocycles. The Morgan fingerprint density at radius 1 is 1.35 bits per heavy atom. The number of amides is 2. The Labute approximate surface area is 107 Å². The van der Waals surface area contributed by atoms with Gasteiger partial charge >= 0.3 is 0 Å². The molecule has 1 saturated carbocycles. The molecule has 0 aromatic heterocycles. The van der Waals surface area contributed by atoms with Crippen molar-refractivity contribution in [1.29, 1.82) is 0 Å². The molecule has 0 radical (unpaired) electrons. The van der Waals surface area contributed by atoms with Gasteiger partial charge in [-0.15, -0.1) is 0 Å². The molecule has 1 rings (SSSR count). The van der Waals surface area contributed by atoms with Crippen LogP contribution < -0.4 is 11.1 Å². The number of hydrogen-bond acceptors (Lipinski definition) is 3. The first kappa shape index (κ1) is 14.4. The van der Waals surface area contributed by atoms with Crippen LogP contribution in [0.3, 0.4) is 0 Å². The highest BCUT2D eigenvalue weighted by atomic mass is 32.2. The van der Waals surface area contributed by atoms with Gasteiger partial charge in [-0.3, -0.25) is 9.59 Å². The molecule has 0 bridgehead atoms. The number of thioether (sulfide) groups is 1. The van der Waals surface area contributed by atoms with Crippen LogP contribution in [-0.2, 0) is 9.59 Å². The molecule has 0 aromatic carbocycles. The third-order valence-electron chi connectivity index (χ3n) is 3.18. The first-order valence-corrected chi connectivity index (χ1v) is 7.40. The molecule has 0 unspecified atom stereocenters. The van der Waals surface area contributed by atoms with Gasteiger partial charge < -0.3 is 11.1 Å². The molecule has 98 valence electrons. The maximum absolute atomic E-state index is 11.7. The molecular formula is C12H22N2O2S. The molecular weight excluding hydrogens is 236 g/mol. The zero-order valence-electron chi connectivity index (χ0n) is 10.4.